The first kappa shape index (κ1) is 17.9. The molecule has 0 radical (unpaired) electrons. The molecule has 2 N–H and O–H groups in total. The van der Waals surface area contributed by atoms with Gasteiger partial charge in [-0.15, -0.1) is 0 Å². The topological polar surface area (TPSA) is 119 Å². The van der Waals surface area contributed by atoms with E-state index in [2.05, 4.69) is 0 Å². The minimum absolute atomic E-state index is 0.0420. The predicted molar refractivity (Wildman–Crippen MR) is 97.8 cm³/mol. The summed E-state index contributed by atoms with van der Waals surface area (Å²) in [6, 6.07) is 16.7. The molecule has 7 heteroatoms. The Kier molecular flexibility index (Phi) is 4.73. The number of non-ortho nitro benzene ring substituents is 1. The van der Waals surface area contributed by atoms with Gasteiger partial charge in [-0.2, -0.15) is 5.26 Å². The van der Waals surface area contributed by atoms with Gasteiger partial charge in [-0.05, 0) is 12.5 Å². The van der Waals surface area contributed by atoms with Crippen LogP contribution in [-0.4, -0.2) is 10.7 Å². The first-order chi connectivity index (χ1) is 12.9. The molecule has 0 aliphatic carbocycles. The second-order valence-corrected chi connectivity index (χ2v) is 5.94. The monoisotopic (exact) mass is 361 g/mol. The number of Topliss-reactive ketones (excluding diaryl/α,β-unsaturated/α-hetero) is 1. The Morgan fingerprint density at radius 1 is 1.22 bits per heavy atom. The number of hydrogen-bond acceptors (Lipinski definition) is 6. The van der Waals surface area contributed by atoms with Gasteiger partial charge < -0.3 is 10.5 Å². The highest BCUT2D eigenvalue weighted by Gasteiger charge is 2.36. The molecule has 134 valence electrons. The number of nitrogens with two attached hydrogens (primary N) is 1. The molecule has 1 heterocycles. The molecule has 0 spiro atoms. The number of hydrogen-bond donors (Lipinski definition) is 1. The Labute approximate surface area is 155 Å². The van der Waals surface area contributed by atoms with Gasteiger partial charge in [0.15, 0.2) is 5.78 Å². The first-order valence-electron chi connectivity index (χ1n) is 8.06. The highest BCUT2D eigenvalue weighted by molar-refractivity contribution is 6.03. The van der Waals surface area contributed by atoms with Crippen LogP contribution in [0.15, 0.2) is 71.6 Å². The minimum Gasteiger partial charge on any atom is -0.439 e. The van der Waals surface area contributed by atoms with E-state index < -0.39 is 10.8 Å². The van der Waals surface area contributed by atoms with Gasteiger partial charge >= 0.3 is 0 Å². The number of allylic oxidation sites excluding steroid dienone is 2. The summed E-state index contributed by atoms with van der Waals surface area (Å²) in [5.41, 5.74) is 7.14. The Balaban J connectivity index is 2.29. The molecule has 2 aromatic carbocycles. The molecule has 1 atom stereocenters. The molecule has 0 saturated heterocycles. The SMILES string of the molecule is CC(=O)C1=C(c2ccccc2)OC(N)=C(C#N)[C@H]1c1cccc([N+](=O)[O-])c1. The van der Waals surface area contributed by atoms with Crippen LogP contribution in [0, 0.1) is 21.4 Å². The van der Waals surface area contributed by atoms with Gasteiger partial charge in [-0.3, -0.25) is 14.9 Å². The number of nitro groups is 1. The van der Waals surface area contributed by atoms with Crippen LogP contribution in [0.25, 0.3) is 5.76 Å². The number of rotatable bonds is 4. The molecule has 0 saturated carbocycles. The van der Waals surface area contributed by atoms with Crippen LogP contribution in [0.5, 0.6) is 0 Å². The van der Waals surface area contributed by atoms with Crippen LogP contribution in [0.4, 0.5) is 5.69 Å². The maximum absolute atomic E-state index is 12.5. The molecule has 1 aliphatic rings. The Morgan fingerprint density at radius 2 is 1.93 bits per heavy atom. The van der Waals surface area contributed by atoms with Crippen molar-refractivity contribution in [1.29, 1.82) is 5.26 Å². The number of benzene rings is 2. The molecule has 27 heavy (non-hydrogen) atoms. The van der Waals surface area contributed by atoms with Gasteiger partial charge in [0, 0.05) is 17.7 Å². The van der Waals surface area contributed by atoms with Gasteiger partial charge in [0.2, 0.25) is 5.88 Å². The summed E-state index contributed by atoms with van der Waals surface area (Å²) in [5.74, 6) is -1.05. The van der Waals surface area contributed by atoms with E-state index >= 15 is 0 Å². The van der Waals surface area contributed by atoms with Crippen molar-refractivity contribution in [2.24, 2.45) is 5.73 Å². The Hall–Kier alpha value is -3.92. The van der Waals surface area contributed by atoms with Crippen LogP contribution in [0.1, 0.15) is 24.0 Å². The summed E-state index contributed by atoms with van der Waals surface area (Å²) < 4.78 is 5.64. The zero-order valence-electron chi connectivity index (χ0n) is 14.4. The summed E-state index contributed by atoms with van der Waals surface area (Å²) >= 11 is 0. The van der Waals surface area contributed by atoms with Crippen molar-refractivity contribution in [2.75, 3.05) is 0 Å². The maximum atomic E-state index is 12.5. The van der Waals surface area contributed by atoms with Crippen LogP contribution < -0.4 is 5.73 Å². The lowest BCUT2D eigenvalue weighted by molar-refractivity contribution is -0.384. The number of nitrogens with zero attached hydrogens (tertiary/aromatic N) is 2. The van der Waals surface area contributed by atoms with E-state index in [-0.39, 0.29) is 34.3 Å². The summed E-state index contributed by atoms with van der Waals surface area (Å²) in [6.45, 7) is 1.36. The lowest BCUT2D eigenvalue weighted by Gasteiger charge is -2.28. The van der Waals surface area contributed by atoms with Crippen LogP contribution in [0.3, 0.4) is 0 Å². The normalized spacial score (nSPS) is 16.5. The molecule has 0 aromatic heterocycles. The van der Waals surface area contributed by atoms with Gasteiger partial charge in [0.05, 0.1) is 16.4 Å². The van der Waals surface area contributed by atoms with Crippen molar-refractivity contribution in [2.45, 2.75) is 12.8 Å². The quantitative estimate of drug-likeness (QED) is 0.658. The molecule has 0 bridgehead atoms. The van der Waals surface area contributed by atoms with E-state index in [0.717, 1.165) is 0 Å². The Morgan fingerprint density at radius 3 is 2.52 bits per heavy atom. The number of nitriles is 1. The predicted octanol–water partition coefficient (Wildman–Crippen LogP) is 3.40. The van der Waals surface area contributed by atoms with Gasteiger partial charge in [0.1, 0.15) is 17.4 Å². The largest absolute Gasteiger partial charge is 0.439 e. The molecule has 1 aliphatic heterocycles. The van der Waals surface area contributed by atoms with Crippen LogP contribution >= 0.6 is 0 Å². The smallest absolute Gasteiger partial charge is 0.269 e. The molecular weight excluding hydrogens is 346 g/mol. The molecule has 0 fully saturated rings. The number of ketones is 1. The highest BCUT2D eigenvalue weighted by Crippen LogP contribution is 2.43. The van der Waals surface area contributed by atoms with Crippen LogP contribution in [-0.2, 0) is 9.53 Å². The van der Waals surface area contributed by atoms with Crippen molar-refractivity contribution in [3.63, 3.8) is 0 Å². The summed E-state index contributed by atoms with van der Waals surface area (Å²) in [5, 5.41) is 20.7. The number of carbonyl (C=O) groups excluding carboxylic acids is 1. The van der Waals surface area contributed by atoms with E-state index in [4.69, 9.17) is 10.5 Å². The fourth-order valence-electron chi connectivity index (χ4n) is 3.08. The summed E-state index contributed by atoms with van der Waals surface area (Å²) in [7, 11) is 0. The highest BCUT2D eigenvalue weighted by atomic mass is 16.6. The number of ether oxygens (including phenoxy) is 1. The standard InChI is InChI=1S/C20H15N3O4/c1-12(24)17-18(14-8-5-9-15(10-14)23(25)26)16(11-21)20(22)27-19(17)13-6-3-2-4-7-13/h2-10,18H,22H2,1H3/t18-/m1/s1. The van der Waals surface area contributed by atoms with Gasteiger partial charge in [-0.25, -0.2) is 0 Å². The van der Waals surface area contributed by atoms with E-state index in [0.29, 0.717) is 11.1 Å². The molecule has 2 aromatic rings. The fourth-order valence-corrected chi connectivity index (χ4v) is 3.08. The average molecular weight is 361 g/mol. The average Bonchev–Trinajstić information content (AvgIpc) is 2.67. The van der Waals surface area contributed by atoms with Crippen molar-refractivity contribution in [1.82, 2.24) is 0 Å². The number of nitro benzene ring substituents is 1. The molecule has 3 rings (SSSR count). The molecule has 0 unspecified atom stereocenters. The molecule has 0 amide bonds. The lowest BCUT2D eigenvalue weighted by atomic mass is 9.80. The third kappa shape index (κ3) is 3.28. The zero-order valence-corrected chi connectivity index (χ0v) is 14.4. The van der Waals surface area contributed by atoms with Gasteiger partial charge in [0.25, 0.3) is 5.69 Å². The lowest BCUT2D eigenvalue weighted by Crippen LogP contribution is -2.23. The molecule has 7 nitrogen and oxygen atoms in total. The Bertz CT molecular complexity index is 1030. The third-order valence-corrected chi connectivity index (χ3v) is 4.25. The van der Waals surface area contributed by atoms with Crippen molar-refractivity contribution in [3.05, 3.63) is 92.9 Å². The van der Waals surface area contributed by atoms with E-state index in [1.807, 2.05) is 12.1 Å². The summed E-state index contributed by atoms with van der Waals surface area (Å²) in [4.78, 5) is 23.1. The van der Waals surface area contributed by atoms with E-state index in [1.54, 1.807) is 30.3 Å². The van der Waals surface area contributed by atoms with E-state index in [1.165, 1.54) is 25.1 Å². The first-order valence-corrected chi connectivity index (χ1v) is 8.06. The fraction of sp³-hybridized carbons (Fsp3) is 0.100. The number of carbonyl (C=O) groups is 1. The van der Waals surface area contributed by atoms with Crippen molar-refractivity contribution < 1.29 is 14.5 Å². The van der Waals surface area contributed by atoms with Crippen molar-refractivity contribution in [3.8, 4) is 6.07 Å². The van der Waals surface area contributed by atoms with E-state index in [9.17, 15) is 20.2 Å². The molecular formula is C20H15N3O4. The second kappa shape index (κ2) is 7.14. The second-order valence-electron chi connectivity index (χ2n) is 5.94. The van der Waals surface area contributed by atoms with Gasteiger partial charge in [-0.1, -0.05) is 42.5 Å². The van der Waals surface area contributed by atoms with Crippen LogP contribution in [0.2, 0.25) is 0 Å². The zero-order chi connectivity index (χ0) is 19.6. The third-order valence-electron chi connectivity index (χ3n) is 4.25. The minimum atomic E-state index is -0.851. The van der Waals surface area contributed by atoms with Crippen molar-refractivity contribution >= 4 is 17.2 Å². The maximum Gasteiger partial charge on any atom is 0.269 e. The summed E-state index contributed by atoms with van der Waals surface area (Å²) in [6.07, 6.45) is 0.